The zero-order valence-electron chi connectivity index (χ0n) is 10.3. The van der Waals surface area contributed by atoms with Crippen LogP contribution < -0.4 is 0 Å². The summed E-state index contributed by atoms with van der Waals surface area (Å²) in [6, 6.07) is 0.494. The lowest BCUT2D eigenvalue weighted by atomic mass is 9.79. The van der Waals surface area contributed by atoms with E-state index in [2.05, 4.69) is 35.5 Å². The number of halogens is 1. The van der Waals surface area contributed by atoms with Crippen molar-refractivity contribution < 1.29 is 0 Å². The largest absolute Gasteiger partial charge is 0.298 e. The second-order valence-corrected chi connectivity index (χ2v) is 5.41. The van der Waals surface area contributed by atoms with Gasteiger partial charge in [0.1, 0.15) is 5.82 Å². The van der Waals surface area contributed by atoms with Gasteiger partial charge in [-0.2, -0.15) is 0 Å². The average Bonchev–Trinajstić information content (AvgIpc) is 2.60. The summed E-state index contributed by atoms with van der Waals surface area (Å²) < 4.78 is 2.15. The van der Waals surface area contributed by atoms with E-state index in [1.807, 2.05) is 0 Å². The maximum absolute atomic E-state index is 6.15. The molecule has 3 atom stereocenters. The molecule has 1 saturated carbocycles. The van der Waals surface area contributed by atoms with Crippen molar-refractivity contribution in [2.45, 2.75) is 52.5 Å². The van der Waals surface area contributed by atoms with Gasteiger partial charge >= 0.3 is 0 Å². The van der Waals surface area contributed by atoms with Crippen molar-refractivity contribution in [3.05, 3.63) is 11.1 Å². The Morgan fingerprint density at radius 3 is 2.69 bits per heavy atom. The number of nitrogens with zero attached hydrogens (tertiary/aromatic N) is 3. The average molecular weight is 242 g/mol. The molecule has 1 aliphatic rings. The fourth-order valence-corrected chi connectivity index (χ4v) is 3.16. The molecular weight excluding hydrogens is 222 g/mol. The molecular formula is C12H20ClN3. The Balaban J connectivity index is 2.26. The van der Waals surface area contributed by atoms with E-state index in [4.69, 9.17) is 11.6 Å². The first-order chi connectivity index (χ1) is 7.63. The zero-order chi connectivity index (χ0) is 11.7. The van der Waals surface area contributed by atoms with Crippen LogP contribution in [0.25, 0.3) is 0 Å². The van der Waals surface area contributed by atoms with Crippen LogP contribution in [-0.4, -0.2) is 14.8 Å². The molecule has 0 amide bonds. The Labute approximate surface area is 102 Å². The fraction of sp³-hybridized carbons (Fsp3) is 0.833. The summed E-state index contributed by atoms with van der Waals surface area (Å²) in [5.41, 5.74) is 0. The Morgan fingerprint density at radius 1 is 1.31 bits per heavy atom. The van der Waals surface area contributed by atoms with E-state index in [1.54, 1.807) is 0 Å². The first-order valence-corrected chi connectivity index (χ1v) is 6.60. The van der Waals surface area contributed by atoms with Gasteiger partial charge in [-0.25, -0.2) is 0 Å². The highest BCUT2D eigenvalue weighted by atomic mass is 35.5. The third kappa shape index (κ3) is 2.10. The molecule has 0 aromatic carbocycles. The molecule has 1 heterocycles. The monoisotopic (exact) mass is 241 g/mol. The van der Waals surface area contributed by atoms with Crippen molar-refractivity contribution in [1.29, 1.82) is 0 Å². The highest BCUT2D eigenvalue weighted by molar-refractivity contribution is 6.28. The standard InChI is InChI=1S/C12H20ClN3/c1-4-11-14-15-12(13)16(11)10-6-5-8(2)7-9(10)3/h8-10H,4-7H2,1-3H3. The molecule has 3 unspecified atom stereocenters. The summed E-state index contributed by atoms with van der Waals surface area (Å²) in [4.78, 5) is 0. The molecule has 0 radical (unpaired) electrons. The third-order valence-electron chi connectivity index (χ3n) is 3.76. The molecule has 0 spiro atoms. The first-order valence-electron chi connectivity index (χ1n) is 6.22. The Kier molecular flexibility index (Phi) is 3.53. The molecule has 1 aromatic rings. The van der Waals surface area contributed by atoms with Crippen molar-refractivity contribution in [2.24, 2.45) is 11.8 Å². The number of aromatic nitrogens is 3. The molecule has 0 bridgehead atoms. The van der Waals surface area contributed by atoms with Gasteiger partial charge in [0.2, 0.25) is 5.28 Å². The molecule has 0 saturated heterocycles. The SMILES string of the molecule is CCc1nnc(Cl)n1C1CCC(C)CC1C. The summed E-state index contributed by atoms with van der Waals surface area (Å²) in [7, 11) is 0. The van der Waals surface area contributed by atoms with Gasteiger partial charge < -0.3 is 0 Å². The van der Waals surface area contributed by atoms with Crippen LogP contribution in [0.15, 0.2) is 0 Å². The minimum Gasteiger partial charge on any atom is -0.298 e. The van der Waals surface area contributed by atoms with Gasteiger partial charge in [-0.1, -0.05) is 20.8 Å². The minimum absolute atomic E-state index is 0.494. The van der Waals surface area contributed by atoms with Crippen LogP contribution in [0.1, 0.15) is 51.9 Å². The van der Waals surface area contributed by atoms with Crippen LogP contribution in [0.5, 0.6) is 0 Å². The fourth-order valence-electron chi connectivity index (χ4n) is 2.90. The molecule has 4 heteroatoms. The lowest BCUT2D eigenvalue weighted by molar-refractivity contribution is 0.204. The van der Waals surface area contributed by atoms with E-state index in [-0.39, 0.29) is 0 Å². The summed E-state index contributed by atoms with van der Waals surface area (Å²) in [6.07, 6.45) is 4.67. The van der Waals surface area contributed by atoms with Crippen LogP contribution in [0.3, 0.4) is 0 Å². The minimum atomic E-state index is 0.494. The quantitative estimate of drug-likeness (QED) is 0.794. The van der Waals surface area contributed by atoms with Crippen molar-refractivity contribution in [3.8, 4) is 0 Å². The van der Waals surface area contributed by atoms with E-state index in [0.717, 1.165) is 18.2 Å². The summed E-state index contributed by atoms with van der Waals surface area (Å²) in [6.45, 7) is 6.75. The summed E-state index contributed by atoms with van der Waals surface area (Å²) in [5, 5.41) is 8.70. The predicted octanol–water partition coefficient (Wildman–Crippen LogP) is 3.49. The van der Waals surface area contributed by atoms with E-state index in [1.165, 1.54) is 19.3 Å². The van der Waals surface area contributed by atoms with Crippen LogP contribution in [0.2, 0.25) is 5.28 Å². The Bertz CT molecular complexity index is 361. The zero-order valence-corrected chi connectivity index (χ0v) is 11.0. The molecule has 16 heavy (non-hydrogen) atoms. The number of rotatable bonds is 2. The predicted molar refractivity (Wildman–Crippen MR) is 65.6 cm³/mol. The van der Waals surface area contributed by atoms with Gasteiger partial charge in [0.25, 0.3) is 0 Å². The first kappa shape index (κ1) is 11.9. The van der Waals surface area contributed by atoms with E-state index >= 15 is 0 Å². The Morgan fingerprint density at radius 2 is 2.06 bits per heavy atom. The van der Waals surface area contributed by atoms with E-state index in [0.29, 0.717) is 17.2 Å². The molecule has 3 nitrogen and oxygen atoms in total. The van der Waals surface area contributed by atoms with Gasteiger partial charge in [-0.15, -0.1) is 10.2 Å². The molecule has 1 fully saturated rings. The van der Waals surface area contributed by atoms with Crippen molar-refractivity contribution in [1.82, 2.24) is 14.8 Å². The van der Waals surface area contributed by atoms with Gasteiger partial charge in [-0.05, 0) is 42.7 Å². The number of aryl methyl sites for hydroxylation is 1. The van der Waals surface area contributed by atoms with Gasteiger partial charge in [0.15, 0.2) is 0 Å². The second-order valence-electron chi connectivity index (χ2n) is 5.07. The topological polar surface area (TPSA) is 30.7 Å². The lowest BCUT2D eigenvalue weighted by Crippen LogP contribution is -2.26. The Hall–Kier alpha value is -0.570. The summed E-state index contributed by atoms with van der Waals surface area (Å²) in [5.74, 6) is 2.53. The highest BCUT2D eigenvalue weighted by Gasteiger charge is 2.29. The van der Waals surface area contributed by atoms with Crippen molar-refractivity contribution in [2.75, 3.05) is 0 Å². The third-order valence-corrected chi connectivity index (χ3v) is 4.02. The van der Waals surface area contributed by atoms with Crippen LogP contribution in [0, 0.1) is 11.8 Å². The molecule has 1 aliphatic carbocycles. The van der Waals surface area contributed by atoms with Crippen LogP contribution in [0.4, 0.5) is 0 Å². The van der Waals surface area contributed by atoms with Gasteiger partial charge in [0, 0.05) is 12.5 Å². The maximum atomic E-state index is 6.15. The molecule has 2 rings (SSSR count). The number of hydrogen-bond donors (Lipinski definition) is 0. The smallest absolute Gasteiger partial charge is 0.225 e. The van der Waals surface area contributed by atoms with Crippen LogP contribution in [-0.2, 0) is 6.42 Å². The second kappa shape index (κ2) is 4.74. The molecule has 1 aromatic heterocycles. The van der Waals surface area contributed by atoms with Crippen LogP contribution >= 0.6 is 11.6 Å². The molecule has 90 valence electrons. The van der Waals surface area contributed by atoms with Crippen molar-refractivity contribution >= 4 is 11.6 Å². The normalized spacial score (nSPS) is 30.6. The molecule has 0 aliphatic heterocycles. The lowest BCUT2D eigenvalue weighted by Gasteiger charge is -2.34. The van der Waals surface area contributed by atoms with E-state index < -0.39 is 0 Å². The summed E-state index contributed by atoms with van der Waals surface area (Å²) >= 11 is 6.15. The number of hydrogen-bond acceptors (Lipinski definition) is 2. The van der Waals surface area contributed by atoms with Gasteiger partial charge in [0.05, 0.1) is 0 Å². The van der Waals surface area contributed by atoms with Gasteiger partial charge in [-0.3, -0.25) is 4.57 Å². The maximum Gasteiger partial charge on any atom is 0.225 e. The van der Waals surface area contributed by atoms with Crippen molar-refractivity contribution in [3.63, 3.8) is 0 Å². The highest BCUT2D eigenvalue weighted by Crippen LogP contribution is 2.38. The molecule has 0 N–H and O–H groups in total. The van der Waals surface area contributed by atoms with E-state index in [9.17, 15) is 0 Å².